The van der Waals surface area contributed by atoms with Crippen LogP contribution in [0, 0.1) is 18.7 Å². The first kappa shape index (κ1) is 22.8. The SMILES string of the molecule is C=O.CC1CC(CN(C)C2=CC(=O)OC2)CCN1C.Cc1cccc(F)c1. The predicted octanol–water partition coefficient (Wildman–Crippen LogP) is 3.04. The molecule has 6 heteroatoms. The Bertz CT molecular complexity index is 618. The lowest BCUT2D eigenvalue weighted by molar-refractivity contribution is -0.135. The molecule has 0 N–H and O–H groups in total. The Kier molecular flexibility index (Phi) is 9.72. The van der Waals surface area contributed by atoms with Crippen molar-refractivity contribution >= 4 is 12.8 Å². The summed E-state index contributed by atoms with van der Waals surface area (Å²) in [5.41, 5.74) is 1.98. The van der Waals surface area contributed by atoms with Crippen LogP contribution in [-0.4, -0.2) is 62.4 Å². The molecule has 2 aliphatic rings. The molecule has 0 amide bonds. The second-order valence-electron chi connectivity index (χ2n) is 7.14. The van der Waals surface area contributed by atoms with Crippen LogP contribution in [0.4, 0.5) is 4.39 Å². The number of piperidine rings is 1. The molecule has 2 heterocycles. The van der Waals surface area contributed by atoms with E-state index in [-0.39, 0.29) is 11.8 Å². The molecule has 2 unspecified atom stereocenters. The Morgan fingerprint density at radius 3 is 2.56 bits per heavy atom. The zero-order chi connectivity index (χ0) is 20.4. The lowest BCUT2D eigenvalue weighted by Gasteiger charge is -2.37. The molecule has 1 aromatic rings. The normalized spacial score (nSPS) is 21.8. The number of hydrogen-bond donors (Lipinski definition) is 0. The van der Waals surface area contributed by atoms with Crippen LogP contribution in [0.3, 0.4) is 0 Å². The summed E-state index contributed by atoms with van der Waals surface area (Å²) >= 11 is 0. The van der Waals surface area contributed by atoms with Crippen molar-refractivity contribution in [2.45, 2.75) is 32.7 Å². The van der Waals surface area contributed by atoms with Gasteiger partial charge in [-0.25, -0.2) is 9.18 Å². The van der Waals surface area contributed by atoms with Crippen molar-refractivity contribution in [2.75, 3.05) is 33.8 Å². The van der Waals surface area contributed by atoms with Crippen LogP contribution in [0.5, 0.6) is 0 Å². The molecule has 1 fully saturated rings. The highest BCUT2D eigenvalue weighted by atomic mass is 19.1. The number of esters is 1. The number of halogens is 1. The van der Waals surface area contributed by atoms with Crippen LogP contribution in [-0.2, 0) is 14.3 Å². The van der Waals surface area contributed by atoms with Gasteiger partial charge in [0, 0.05) is 25.7 Å². The molecule has 0 bridgehead atoms. The van der Waals surface area contributed by atoms with Gasteiger partial charge in [-0.15, -0.1) is 0 Å². The molecule has 3 rings (SSSR count). The number of hydrogen-bond acceptors (Lipinski definition) is 5. The average Bonchev–Trinajstić information content (AvgIpc) is 3.07. The molecule has 2 aliphatic heterocycles. The maximum atomic E-state index is 12.2. The molecule has 0 aliphatic carbocycles. The van der Waals surface area contributed by atoms with E-state index in [0.717, 1.165) is 23.7 Å². The summed E-state index contributed by atoms with van der Waals surface area (Å²) in [6, 6.07) is 7.17. The van der Waals surface area contributed by atoms with Crippen LogP contribution in [0.1, 0.15) is 25.3 Å². The van der Waals surface area contributed by atoms with Crippen molar-refractivity contribution in [1.82, 2.24) is 9.80 Å². The lowest BCUT2D eigenvalue weighted by atomic mass is 9.91. The number of likely N-dealkylation sites (N-methyl/N-ethyl adjacent to an activating group) is 1. The Balaban J connectivity index is 0.000000305. The van der Waals surface area contributed by atoms with E-state index in [1.54, 1.807) is 12.1 Å². The van der Waals surface area contributed by atoms with Gasteiger partial charge in [-0.05, 0) is 63.9 Å². The minimum absolute atomic E-state index is 0.162. The zero-order valence-corrected chi connectivity index (χ0v) is 16.8. The standard InChI is InChI=1S/C13H22N2O2.C7H7F.CH2O/c1-10-6-11(4-5-14(10)2)8-15(3)12-7-13(16)17-9-12;1-6-3-2-4-7(8)5-6;1-2/h7,10-11H,4-6,8-9H2,1-3H3;2-5H,1H3;1H2. The Morgan fingerprint density at radius 2 is 2.07 bits per heavy atom. The number of carbonyl (C=O) groups excluding carboxylic acids is 2. The summed E-state index contributed by atoms with van der Waals surface area (Å²) in [6.45, 7) is 8.79. The molecule has 0 aromatic heterocycles. The smallest absolute Gasteiger partial charge is 0.333 e. The van der Waals surface area contributed by atoms with Gasteiger partial charge in [-0.2, -0.15) is 0 Å². The second-order valence-corrected chi connectivity index (χ2v) is 7.14. The van der Waals surface area contributed by atoms with Gasteiger partial charge in [-0.3, -0.25) is 0 Å². The maximum Gasteiger partial charge on any atom is 0.333 e. The van der Waals surface area contributed by atoms with Gasteiger partial charge in [-0.1, -0.05) is 12.1 Å². The predicted molar refractivity (Wildman–Crippen MR) is 105 cm³/mol. The summed E-state index contributed by atoms with van der Waals surface area (Å²) in [7, 11) is 4.24. The van der Waals surface area contributed by atoms with E-state index in [4.69, 9.17) is 9.53 Å². The molecule has 2 atom stereocenters. The number of benzene rings is 1. The van der Waals surface area contributed by atoms with Gasteiger partial charge in [0.1, 0.15) is 19.2 Å². The van der Waals surface area contributed by atoms with Crippen LogP contribution >= 0.6 is 0 Å². The van der Waals surface area contributed by atoms with Crippen LogP contribution < -0.4 is 0 Å². The van der Waals surface area contributed by atoms with Crippen LogP contribution in [0.2, 0.25) is 0 Å². The van der Waals surface area contributed by atoms with Crippen molar-refractivity contribution in [1.29, 1.82) is 0 Å². The first-order valence-corrected chi connectivity index (χ1v) is 9.15. The lowest BCUT2D eigenvalue weighted by Crippen LogP contribution is -2.41. The van der Waals surface area contributed by atoms with Crippen molar-refractivity contribution in [3.8, 4) is 0 Å². The van der Waals surface area contributed by atoms with E-state index >= 15 is 0 Å². The van der Waals surface area contributed by atoms with E-state index in [2.05, 4.69) is 30.8 Å². The minimum Gasteiger partial charge on any atom is -0.456 e. The fourth-order valence-corrected chi connectivity index (χ4v) is 3.25. The molecular formula is C21H31FN2O3. The molecule has 1 aromatic carbocycles. The zero-order valence-electron chi connectivity index (χ0n) is 16.8. The molecular weight excluding hydrogens is 347 g/mol. The molecule has 150 valence electrons. The summed E-state index contributed by atoms with van der Waals surface area (Å²) in [6.07, 6.45) is 4.09. The summed E-state index contributed by atoms with van der Waals surface area (Å²) < 4.78 is 17.1. The monoisotopic (exact) mass is 378 g/mol. The van der Waals surface area contributed by atoms with Gasteiger partial charge < -0.3 is 19.3 Å². The summed E-state index contributed by atoms with van der Waals surface area (Å²) in [4.78, 5) is 23.6. The Labute approximate surface area is 161 Å². The van der Waals surface area contributed by atoms with Crippen LogP contribution in [0.25, 0.3) is 0 Å². The highest BCUT2D eigenvalue weighted by molar-refractivity contribution is 5.85. The van der Waals surface area contributed by atoms with E-state index in [1.165, 1.54) is 31.5 Å². The first-order chi connectivity index (χ1) is 12.8. The van der Waals surface area contributed by atoms with Crippen LogP contribution in [0.15, 0.2) is 36.0 Å². The third kappa shape index (κ3) is 7.91. The Hall–Kier alpha value is -2.21. The third-order valence-corrected chi connectivity index (χ3v) is 4.97. The summed E-state index contributed by atoms with van der Waals surface area (Å²) in [5, 5.41) is 0. The van der Waals surface area contributed by atoms with Crippen molar-refractivity contribution in [3.05, 3.63) is 47.4 Å². The quantitative estimate of drug-likeness (QED) is 0.757. The topological polar surface area (TPSA) is 49.9 Å². The fourth-order valence-electron chi connectivity index (χ4n) is 3.25. The fraction of sp³-hybridized carbons (Fsp3) is 0.524. The molecule has 0 saturated carbocycles. The van der Waals surface area contributed by atoms with E-state index in [9.17, 15) is 9.18 Å². The van der Waals surface area contributed by atoms with Crippen molar-refractivity contribution in [3.63, 3.8) is 0 Å². The van der Waals surface area contributed by atoms with E-state index in [1.807, 2.05) is 19.8 Å². The average molecular weight is 378 g/mol. The largest absolute Gasteiger partial charge is 0.456 e. The third-order valence-electron chi connectivity index (χ3n) is 4.97. The molecule has 27 heavy (non-hydrogen) atoms. The van der Waals surface area contributed by atoms with Gasteiger partial charge in [0.25, 0.3) is 0 Å². The van der Waals surface area contributed by atoms with Gasteiger partial charge >= 0.3 is 5.97 Å². The highest BCUT2D eigenvalue weighted by Crippen LogP contribution is 2.23. The highest BCUT2D eigenvalue weighted by Gasteiger charge is 2.25. The Morgan fingerprint density at radius 1 is 1.37 bits per heavy atom. The van der Waals surface area contributed by atoms with Crippen molar-refractivity contribution in [2.24, 2.45) is 5.92 Å². The maximum absolute atomic E-state index is 12.2. The van der Waals surface area contributed by atoms with Crippen molar-refractivity contribution < 1.29 is 18.7 Å². The number of nitrogens with zero attached hydrogens (tertiary/aromatic N) is 2. The molecule has 0 radical (unpaired) electrons. The second kappa shape index (κ2) is 11.5. The number of rotatable bonds is 3. The van der Waals surface area contributed by atoms with E-state index in [0.29, 0.717) is 12.6 Å². The first-order valence-electron chi connectivity index (χ1n) is 9.15. The number of likely N-dealkylation sites (tertiary alicyclic amines) is 1. The number of cyclic esters (lactones) is 1. The number of carbonyl (C=O) groups is 2. The minimum atomic E-state index is -0.205. The molecule has 0 spiro atoms. The molecule has 1 saturated heterocycles. The number of ether oxygens (including phenoxy) is 1. The van der Waals surface area contributed by atoms with Gasteiger partial charge in [0.05, 0.1) is 5.70 Å². The molecule has 5 nitrogen and oxygen atoms in total. The number of aryl methyl sites for hydroxylation is 1. The van der Waals surface area contributed by atoms with Gasteiger partial charge in [0.2, 0.25) is 0 Å². The summed E-state index contributed by atoms with van der Waals surface area (Å²) in [5.74, 6) is 0.358. The van der Waals surface area contributed by atoms with Gasteiger partial charge in [0.15, 0.2) is 0 Å². The van der Waals surface area contributed by atoms with E-state index < -0.39 is 0 Å².